The highest BCUT2D eigenvalue weighted by molar-refractivity contribution is 6.35. The minimum absolute atomic E-state index is 0.127. The molecular formula is C24H30Cl2N2O5. The zero-order valence-electron chi connectivity index (χ0n) is 19.3. The van der Waals surface area contributed by atoms with Gasteiger partial charge < -0.3 is 24.4 Å². The topological polar surface area (TPSA) is 77.1 Å². The second kappa shape index (κ2) is 13.2. The fraction of sp³-hybridized carbons (Fsp3) is 0.417. The summed E-state index contributed by atoms with van der Waals surface area (Å²) < 4.78 is 16.2. The molecule has 2 aromatic rings. The number of methoxy groups -OCH3 is 2. The van der Waals surface area contributed by atoms with Crippen LogP contribution in [0.4, 0.5) is 0 Å². The van der Waals surface area contributed by atoms with Crippen LogP contribution in [0.5, 0.6) is 17.2 Å². The van der Waals surface area contributed by atoms with Gasteiger partial charge in [-0.2, -0.15) is 0 Å². The summed E-state index contributed by atoms with van der Waals surface area (Å²) in [6, 6.07) is 9.30. The van der Waals surface area contributed by atoms with Gasteiger partial charge in [-0.15, -0.1) is 0 Å². The third-order valence-electron chi connectivity index (χ3n) is 5.04. The summed E-state index contributed by atoms with van der Waals surface area (Å²) in [6.45, 7) is 4.11. The Balaban J connectivity index is 2.20. The number of nitrogens with zero attached hydrogens (tertiary/aromatic N) is 1. The Morgan fingerprint density at radius 1 is 1.03 bits per heavy atom. The second-order valence-corrected chi connectivity index (χ2v) is 8.26. The largest absolute Gasteiger partial charge is 0.496 e. The molecule has 0 saturated carbocycles. The van der Waals surface area contributed by atoms with E-state index in [4.69, 9.17) is 37.4 Å². The van der Waals surface area contributed by atoms with E-state index in [1.807, 2.05) is 6.92 Å². The summed E-state index contributed by atoms with van der Waals surface area (Å²) in [7, 11) is 3.06. The van der Waals surface area contributed by atoms with E-state index in [9.17, 15) is 9.59 Å². The molecule has 0 bridgehead atoms. The molecule has 0 aliphatic rings. The van der Waals surface area contributed by atoms with Gasteiger partial charge in [0.1, 0.15) is 23.3 Å². The van der Waals surface area contributed by atoms with Gasteiger partial charge in [0.25, 0.3) is 5.91 Å². The SMILES string of the molecule is CCCCNC(=O)[C@H](C)N(Cc1ccc(Cl)cc1Cl)C(=O)COc1cc(OC)cc(OC)c1. The van der Waals surface area contributed by atoms with Crippen LogP contribution in [0.2, 0.25) is 10.0 Å². The van der Waals surface area contributed by atoms with Crippen LogP contribution in [0.25, 0.3) is 0 Å². The zero-order chi connectivity index (χ0) is 24.4. The van der Waals surface area contributed by atoms with E-state index in [0.717, 1.165) is 12.8 Å². The standard InChI is InChI=1S/C24H30Cl2N2O5/c1-5-6-9-27-24(30)16(2)28(14-17-7-8-18(25)10-22(17)26)23(29)15-33-21-12-19(31-3)11-20(13-21)32-4/h7-8,10-13,16H,5-6,9,14-15H2,1-4H3,(H,27,30)/t16-/m0/s1. The van der Waals surface area contributed by atoms with Crippen molar-refractivity contribution in [1.82, 2.24) is 10.2 Å². The van der Waals surface area contributed by atoms with Gasteiger partial charge in [0, 0.05) is 41.3 Å². The molecule has 0 radical (unpaired) electrons. The summed E-state index contributed by atoms with van der Waals surface area (Å²) in [5.74, 6) is 0.852. The van der Waals surface area contributed by atoms with Crippen LogP contribution < -0.4 is 19.5 Å². The first kappa shape index (κ1) is 26.6. The Bertz CT molecular complexity index is 932. The quantitative estimate of drug-likeness (QED) is 0.430. The fourth-order valence-electron chi connectivity index (χ4n) is 3.04. The fourth-order valence-corrected chi connectivity index (χ4v) is 3.51. The first-order valence-electron chi connectivity index (χ1n) is 10.7. The number of ether oxygens (including phenoxy) is 3. The van der Waals surface area contributed by atoms with Crippen LogP contribution in [0, 0.1) is 0 Å². The number of nitrogens with one attached hydrogen (secondary N) is 1. The second-order valence-electron chi connectivity index (χ2n) is 7.41. The van der Waals surface area contributed by atoms with Crippen LogP contribution >= 0.6 is 23.2 Å². The zero-order valence-corrected chi connectivity index (χ0v) is 20.8. The number of unbranched alkanes of at least 4 members (excludes halogenated alkanes) is 1. The molecule has 0 aliphatic carbocycles. The molecule has 2 aromatic carbocycles. The highest BCUT2D eigenvalue weighted by Gasteiger charge is 2.27. The number of benzene rings is 2. The Kier molecular flexibility index (Phi) is 10.6. The average Bonchev–Trinajstić information content (AvgIpc) is 2.81. The molecule has 2 amide bonds. The maximum absolute atomic E-state index is 13.2. The van der Waals surface area contributed by atoms with Crippen LogP contribution in [-0.4, -0.2) is 50.1 Å². The van der Waals surface area contributed by atoms with E-state index in [0.29, 0.717) is 39.4 Å². The van der Waals surface area contributed by atoms with Gasteiger partial charge in [-0.1, -0.05) is 42.6 Å². The number of hydrogen-bond acceptors (Lipinski definition) is 5. The molecule has 33 heavy (non-hydrogen) atoms. The van der Waals surface area contributed by atoms with E-state index >= 15 is 0 Å². The monoisotopic (exact) mass is 496 g/mol. The van der Waals surface area contributed by atoms with Crippen molar-refractivity contribution in [1.29, 1.82) is 0 Å². The molecule has 0 aliphatic heterocycles. The van der Waals surface area contributed by atoms with Gasteiger partial charge in [-0.3, -0.25) is 9.59 Å². The molecule has 0 fully saturated rings. The van der Waals surface area contributed by atoms with Crippen molar-refractivity contribution in [3.8, 4) is 17.2 Å². The molecule has 7 nitrogen and oxygen atoms in total. The molecule has 0 saturated heterocycles. The van der Waals surface area contributed by atoms with Crippen molar-refractivity contribution in [2.24, 2.45) is 0 Å². The summed E-state index contributed by atoms with van der Waals surface area (Å²) in [4.78, 5) is 27.3. The van der Waals surface area contributed by atoms with E-state index in [2.05, 4.69) is 5.32 Å². The van der Waals surface area contributed by atoms with Gasteiger partial charge in [-0.05, 0) is 31.0 Å². The number of carbonyl (C=O) groups excluding carboxylic acids is 2. The first-order valence-corrected chi connectivity index (χ1v) is 11.4. The van der Waals surface area contributed by atoms with Gasteiger partial charge in [0.05, 0.1) is 14.2 Å². The van der Waals surface area contributed by atoms with Crippen molar-refractivity contribution in [3.63, 3.8) is 0 Å². The first-order chi connectivity index (χ1) is 15.8. The number of hydrogen-bond donors (Lipinski definition) is 1. The lowest BCUT2D eigenvalue weighted by Gasteiger charge is -2.29. The summed E-state index contributed by atoms with van der Waals surface area (Å²) >= 11 is 12.3. The predicted molar refractivity (Wildman–Crippen MR) is 129 cm³/mol. The Hall–Kier alpha value is -2.64. The highest BCUT2D eigenvalue weighted by Crippen LogP contribution is 2.28. The Morgan fingerprint density at radius 3 is 2.24 bits per heavy atom. The summed E-state index contributed by atoms with van der Waals surface area (Å²) in [5, 5.41) is 3.77. The lowest BCUT2D eigenvalue weighted by Crippen LogP contribution is -2.49. The third kappa shape index (κ3) is 8.02. The Morgan fingerprint density at radius 2 is 1.67 bits per heavy atom. The van der Waals surface area contributed by atoms with Crippen molar-refractivity contribution in [2.45, 2.75) is 39.3 Å². The van der Waals surface area contributed by atoms with Crippen LogP contribution in [-0.2, 0) is 16.1 Å². The van der Waals surface area contributed by atoms with Crippen molar-refractivity contribution in [2.75, 3.05) is 27.4 Å². The van der Waals surface area contributed by atoms with E-state index in [1.54, 1.807) is 43.3 Å². The molecule has 0 unspecified atom stereocenters. The van der Waals surface area contributed by atoms with Gasteiger partial charge in [0.2, 0.25) is 5.91 Å². The molecule has 0 heterocycles. The minimum atomic E-state index is -0.732. The number of carbonyl (C=O) groups is 2. The maximum Gasteiger partial charge on any atom is 0.261 e. The average molecular weight is 497 g/mol. The van der Waals surface area contributed by atoms with Gasteiger partial charge in [-0.25, -0.2) is 0 Å². The molecule has 2 rings (SSSR count). The lowest BCUT2D eigenvalue weighted by molar-refractivity contribution is -0.142. The van der Waals surface area contributed by atoms with Crippen molar-refractivity contribution in [3.05, 3.63) is 52.0 Å². The van der Waals surface area contributed by atoms with E-state index < -0.39 is 6.04 Å². The molecular weight excluding hydrogens is 467 g/mol. The van der Waals surface area contributed by atoms with Gasteiger partial charge in [0.15, 0.2) is 6.61 Å². The molecule has 1 atom stereocenters. The number of amides is 2. The summed E-state index contributed by atoms with van der Waals surface area (Å²) in [5.41, 5.74) is 0.672. The molecule has 0 spiro atoms. The normalized spacial score (nSPS) is 11.5. The van der Waals surface area contributed by atoms with Crippen molar-refractivity contribution < 1.29 is 23.8 Å². The highest BCUT2D eigenvalue weighted by atomic mass is 35.5. The van der Waals surface area contributed by atoms with Crippen LogP contribution in [0.15, 0.2) is 36.4 Å². The number of rotatable bonds is 12. The van der Waals surface area contributed by atoms with Gasteiger partial charge >= 0.3 is 0 Å². The minimum Gasteiger partial charge on any atom is -0.496 e. The molecule has 180 valence electrons. The van der Waals surface area contributed by atoms with Crippen LogP contribution in [0.3, 0.4) is 0 Å². The summed E-state index contributed by atoms with van der Waals surface area (Å²) in [6.07, 6.45) is 1.81. The van der Waals surface area contributed by atoms with Crippen molar-refractivity contribution >= 4 is 35.0 Å². The van der Waals surface area contributed by atoms with E-state index in [1.165, 1.54) is 19.1 Å². The Labute approximate surface area is 204 Å². The smallest absolute Gasteiger partial charge is 0.261 e. The molecule has 9 heteroatoms. The maximum atomic E-state index is 13.2. The molecule has 1 N–H and O–H groups in total. The lowest BCUT2D eigenvalue weighted by atomic mass is 10.1. The van der Waals surface area contributed by atoms with Crippen LogP contribution in [0.1, 0.15) is 32.3 Å². The number of halogens is 2. The molecule has 0 aromatic heterocycles. The predicted octanol–water partition coefficient (Wildman–Crippen LogP) is 4.72. The van der Waals surface area contributed by atoms with E-state index in [-0.39, 0.29) is 25.0 Å². The third-order valence-corrected chi connectivity index (χ3v) is 5.63.